The van der Waals surface area contributed by atoms with Gasteiger partial charge in [-0.05, 0) is 18.2 Å². The number of benzene rings is 2. The highest BCUT2D eigenvalue weighted by molar-refractivity contribution is 6.04. The van der Waals surface area contributed by atoms with E-state index in [9.17, 15) is 31.1 Å². The minimum absolute atomic E-state index is 0.0502. The van der Waals surface area contributed by atoms with Crippen molar-refractivity contribution in [3.05, 3.63) is 53.1 Å². The summed E-state index contributed by atoms with van der Waals surface area (Å²) in [4.78, 5) is 12.2. The Morgan fingerprint density at radius 1 is 0.778 bits per heavy atom. The normalized spacial score (nSPS) is 11.9. The van der Waals surface area contributed by atoms with Crippen molar-refractivity contribution in [2.45, 2.75) is 12.4 Å². The van der Waals surface area contributed by atoms with Crippen LogP contribution in [0.2, 0.25) is 0 Å². The SMILES string of the molecule is COc1cc(NC(=O)c2cc(C(F)(F)F)cc(C(F)(F)F)c2)cc(OC)c1. The van der Waals surface area contributed by atoms with Crippen LogP contribution >= 0.6 is 0 Å². The highest BCUT2D eigenvalue weighted by Crippen LogP contribution is 2.36. The summed E-state index contributed by atoms with van der Waals surface area (Å²) < 4.78 is 87.3. The highest BCUT2D eigenvalue weighted by atomic mass is 19.4. The monoisotopic (exact) mass is 393 g/mol. The first kappa shape index (κ1) is 20.4. The first-order chi connectivity index (χ1) is 12.4. The summed E-state index contributed by atoms with van der Waals surface area (Å²) in [6.07, 6.45) is -10.1. The molecule has 2 rings (SSSR count). The minimum atomic E-state index is -5.05. The first-order valence-corrected chi connectivity index (χ1v) is 7.28. The van der Waals surface area contributed by atoms with E-state index in [4.69, 9.17) is 9.47 Å². The second kappa shape index (κ2) is 7.37. The number of amides is 1. The molecule has 0 unspecified atom stereocenters. The molecule has 0 heterocycles. The smallest absolute Gasteiger partial charge is 0.416 e. The van der Waals surface area contributed by atoms with Gasteiger partial charge in [0, 0.05) is 29.4 Å². The molecule has 0 saturated carbocycles. The summed E-state index contributed by atoms with van der Waals surface area (Å²) in [6.45, 7) is 0. The van der Waals surface area contributed by atoms with Gasteiger partial charge in [0.25, 0.3) is 5.91 Å². The molecule has 27 heavy (non-hydrogen) atoms. The third-order valence-electron chi connectivity index (χ3n) is 3.46. The molecule has 0 aliphatic rings. The standard InChI is InChI=1S/C17H13F6NO3/c1-26-13-6-12(7-14(8-13)27-2)24-15(25)9-3-10(16(18,19)20)5-11(4-9)17(21,22)23/h3-8H,1-2H3,(H,24,25). The van der Waals surface area contributed by atoms with Crippen molar-refractivity contribution in [2.75, 3.05) is 19.5 Å². The van der Waals surface area contributed by atoms with Gasteiger partial charge in [0.2, 0.25) is 0 Å². The van der Waals surface area contributed by atoms with E-state index in [2.05, 4.69) is 5.32 Å². The lowest BCUT2D eigenvalue weighted by Crippen LogP contribution is -2.17. The van der Waals surface area contributed by atoms with E-state index in [1.54, 1.807) is 0 Å². The summed E-state index contributed by atoms with van der Waals surface area (Å²) >= 11 is 0. The highest BCUT2D eigenvalue weighted by Gasteiger charge is 2.37. The number of rotatable bonds is 4. The molecular weight excluding hydrogens is 380 g/mol. The Labute approximate surface area is 149 Å². The van der Waals surface area contributed by atoms with Crippen molar-refractivity contribution in [3.8, 4) is 11.5 Å². The van der Waals surface area contributed by atoms with Gasteiger partial charge in [-0.15, -0.1) is 0 Å². The zero-order valence-corrected chi connectivity index (χ0v) is 14.0. The van der Waals surface area contributed by atoms with Gasteiger partial charge >= 0.3 is 12.4 Å². The summed E-state index contributed by atoms with van der Waals surface area (Å²) in [5.41, 5.74) is -3.88. The number of methoxy groups -OCH3 is 2. The predicted molar refractivity (Wildman–Crippen MR) is 83.9 cm³/mol. The van der Waals surface area contributed by atoms with Crippen LogP contribution in [0.25, 0.3) is 0 Å². The van der Waals surface area contributed by atoms with Crippen LogP contribution < -0.4 is 14.8 Å². The van der Waals surface area contributed by atoms with Crippen molar-refractivity contribution < 1.29 is 40.6 Å². The Kier molecular flexibility index (Phi) is 5.57. The molecule has 2 aromatic rings. The van der Waals surface area contributed by atoms with Crippen LogP contribution in [-0.2, 0) is 12.4 Å². The average Bonchev–Trinajstić information content (AvgIpc) is 2.59. The number of carbonyl (C=O) groups is 1. The molecule has 1 N–H and O–H groups in total. The maximum absolute atomic E-state index is 12.9. The summed E-state index contributed by atoms with van der Waals surface area (Å²) in [5, 5.41) is 2.23. The van der Waals surface area contributed by atoms with Gasteiger partial charge < -0.3 is 14.8 Å². The zero-order valence-electron chi connectivity index (χ0n) is 14.0. The number of hydrogen-bond acceptors (Lipinski definition) is 3. The molecule has 0 fully saturated rings. The molecule has 4 nitrogen and oxygen atoms in total. The molecule has 0 bridgehead atoms. The summed E-state index contributed by atoms with van der Waals surface area (Å²) in [5.74, 6) is -0.615. The van der Waals surface area contributed by atoms with Gasteiger partial charge in [0.1, 0.15) is 11.5 Å². The lowest BCUT2D eigenvalue weighted by atomic mass is 10.0. The van der Waals surface area contributed by atoms with Crippen LogP contribution in [0, 0.1) is 0 Å². The van der Waals surface area contributed by atoms with Gasteiger partial charge in [-0.3, -0.25) is 4.79 Å². The molecule has 0 radical (unpaired) electrons. The molecule has 0 aromatic heterocycles. The molecule has 0 aliphatic carbocycles. The Morgan fingerprint density at radius 3 is 1.59 bits per heavy atom. The molecule has 2 aromatic carbocycles. The molecule has 146 valence electrons. The largest absolute Gasteiger partial charge is 0.497 e. The molecule has 0 atom stereocenters. The van der Waals surface area contributed by atoms with E-state index in [-0.39, 0.29) is 23.3 Å². The lowest BCUT2D eigenvalue weighted by molar-refractivity contribution is -0.143. The number of halogens is 6. The predicted octanol–water partition coefficient (Wildman–Crippen LogP) is 4.99. The Morgan fingerprint density at radius 2 is 1.22 bits per heavy atom. The van der Waals surface area contributed by atoms with E-state index in [1.165, 1.54) is 32.4 Å². The van der Waals surface area contributed by atoms with E-state index in [0.717, 1.165) is 0 Å². The molecule has 0 aliphatic heterocycles. The zero-order chi connectivity index (χ0) is 20.4. The number of hydrogen-bond donors (Lipinski definition) is 1. The van der Waals surface area contributed by atoms with Gasteiger partial charge in [-0.1, -0.05) is 0 Å². The van der Waals surface area contributed by atoms with Crippen molar-refractivity contribution in [3.63, 3.8) is 0 Å². The number of anilines is 1. The van der Waals surface area contributed by atoms with Crippen molar-refractivity contribution in [1.82, 2.24) is 0 Å². The summed E-state index contributed by atoms with van der Waals surface area (Å²) in [6, 6.07) is 4.79. The fourth-order valence-electron chi connectivity index (χ4n) is 2.17. The molecular formula is C17H13F6NO3. The number of alkyl halides is 6. The van der Waals surface area contributed by atoms with Gasteiger partial charge in [0.05, 0.1) is 25.3 Å². The third kappa shape index (κ3) is 5.05. The van der Waals surface area contributed by atoms with Crippen LogP contribution in [0.4, 0.5) is 32.0 Å². The van der Waals surface area contributed by atoms with Crippen LogP contribution in [0.3, 0.4) is 0 Å². The second-order valence-electron chi connectivity index (χ2n) is 5.35. The van der Waals surface area contributed by atoms with E-state index in [0.29, 0.717) is 12.1 Å². The van der Waals surface area contributed by atoms with Crippen LogP contribution in [-0.4, -0.2) is 20.1 Å². The molecule has 0 spiro atoms. The average molecular weight is 393 g/mol. The van der Waals surface area contributed by atoms with Crippen molar-refractivity contribution in [1.29, 1.82) is 0 Å². The second-order valence-corrected chi connectivity index (χ2v) is 5.35. The van der Waals surface area contributed by atoms with E-state index in [1.807, 2.05) is 0 Å². The Balaban J connectivity index is 2.44. The van der Waals surface area contributed by atoms with Crippen molar-refractivity contribution in [2.24, 2.45) is 0 Å². The third-order valence-corrected chi connectivity index (χ3v) is 3.46. The number of carbonyl (C=O) groups excluding carboxylic acids is 1. The lowest BCUT2D eigenvalue weighted by Gasteiger charge is -2.14. The fourth-order valence-corrected chi connectivity index (χ4v) is 2.17. The molecule has 10 heteroatoms. The fraction of sp³-hybridized carbons (Fsp3) is 0.235. The summed E-state index contributed by atoms with van der Waals surface area (Å²) in [7, 11) is 2.67. The molecule has 1 amide bonds. The minimum Gasteiger partial charge on any atom is -0.497 e. The van der Waals surface area contributed by atoms with Crippen LogP contribution in [0.15, 0.2) is 36.4 Å². The van der Waals surface area contributed by atoms with Gasteiger partial charge in [0.15, 0.2) is 0 Å². The topological polar surface area (TPSA) is 47.6 Å². The van der Waals surface area contributed by atoms with Crippen LogP contribution in [0.1, 0.15) is 21.5 Å². The quantitative estimate of drug-likeness (QED) is 0.745. The maximum atomic E-state index is 12.9. The van der Waals surface area contributed by atoms with Crippen LogP contribution in [0.5, 0.6) is 11.5 Å². The number of ether oxygens (including phenoxy) is 2. The van der Waals surface area contributed by atoms with Gasteiger partial charge in [-0.25, -0.2) is 0 Å². The van der Waals surface area contributed by atoms with Gasteiger partial charge in [-0.2, -0.15) is 26.3 Å². The number of nitrogens with one attached hydrogen (secondary N) is 1. The molecule has 0 saturated heterocycles. The Bertz CT molecular complexity index is 791. The van der Waals surface area contributed by atoms with E-state index < -0.39 is 35.0 Å². The van der Waals surface area contributed by atoms with Crippen molar-refractivity contribution >= 4 is 11.6 Å². The maximum Gasteiger partial charge on any atom is 0.416 e. The Hall–Kier alpha value is -2.91. The first-order valence-electron chi connectivity index (χ1n) is 7.28. The van der Waals surface area contributed by atoms with E-state index >= 15 is 0 Å².